The van der Waals surface area contributed by atoms with Gasteiger partial charge in [0.2, 0.25) is 0 Å². The lowest BCUT2D eigenvalue weighted by molar-refractivity contribution is -0.203. The van der Waals surface area contributed by atoms with E-state index in [0.717, 1.165) is 62.7 Å². The Morgan fingerprint density at radius 1 is 1.05 bits per heavy atom. The van der Waals surface area contributed by atoms with Crippen molar-refractivity contribution in [2.45, 2.75) is 128 Å². The Kier molecular flexibility index (Phi) is 9.32. The second-order valence-corrected chi connectivity index (χ2v) is 19.5. The third-order valence-electron chi connectivity index (χ3n) is 12.9. The number of ether oxygens (including phenoxy) is 1. The first kappa shape index (κ1) is 33.4. The third kappa shape index (κ3) is 6.01. The van der Waals surface area contributed by atoms with Gasteiger partial charge in [-0.05, 0) is 121 Å². The number of carbonyl (C=O) groups is 1. The van der Waals surface area contributed by atoms with Crippen molar-refractivity contribution in [2.75, 3.05) is 12.4 Å². The highest BCUT2D eigenvalue weighted by molar-refractivity contribution is 7.94. The van der Waals surface area contributed by atoms with E-state index in [-0.39, 0.29) is 45.2 Å². The van der Waals surface area contributed by atoms with Crippen molar-refractivity contribution in [1.82, 2.24) is 0 Å². The zero-order valence-corrected chi connectivity index (χ0v) is 29.1. The second kappa shape index (κ2) is 12.0. The van der Waals surface area contributed by atoms with Crippen LogP contribution in [-0.4, -0.2) is 49.2 Å². The van der Waals surface area contributed by atoms with Gasteiger partial charge in [0, 0.05) is 4.88 Å². The van der Waals surface area contributed by atoms with Crippen molar-refractivity contribution in [3.8, 4) is 0 Å². The number of aliphatic hydroxyl groups excluding tert-OH is 2. The van der Waals surface area contributed by atoms with E-state index in [1.807, 2.05) is 26.8 Å². The zero-order valence-electron chi connectivity index (χ0n) is 27.5. The van der Waals surface area contributed by atoms with E-state index in [1.165, 1.54) is 11.3 Å². The Labute approximate surface area is 264 Å². The maximum absolute atomic E-state index is 12.9. The summed E-state index contributed by atoms with van der Waals surface area (Å²) in [7, 11) is -3.72. The van der Waals surface area contributed by atoms with Gasteiger partial charge in [0.15, 0.2) is 15.6 Å². The predicted molar refractivity (Wildman–Crippen MR) is 172 cm³/mol. The van der Waals surface area contributed by atoms with Crippen LogP contribution in [0.3, 0.4) is 0 Å². The van der Waals surface area contributed by atoms with E-state index in [2.05, 4.69) is 27.7 Å². The molecule has 0 amide bonds. The molecule has 4 aliphatic carbocycles. The number of aliphatic hydroxyl groups is 2. The van der Waals surface area contributed by atoms with Gasteiger partial charge in [-0.2, -0.15) is 0 Å². The molecule has 0 aromatic carbocycles. The van der Waals surface area contributed by atoms with Crippen molar-refractivity contribution in [3.63, 3.8) is 0 Å². The van der Waals surface area contributed by atoms with E-state index < -0.39 is 21.6 Å². The van der Waals surface area contributed by atoms with Gasteiger partial charge in [0.1, 0.15) is 4.21 Å². The average Bonchev–Trinajstić information content (AvgIpc) is 3.56. The number of esters is 1. The van der Waals surface area contributed by atoms with Crippen LogP contribution in [0.1, 0.15) is 111 Å². The van der Waals surface area contributed by atoms with Crippen molar-refractivity contribution in [3.05, 3.63) is 17.0 Å². The Bertz CT molecular complexity index is 1270. The summed E-state index contributed by atoms with van der Waals surface area (Å²) in [5, 5.41) is 22.5. The molecule has 0 radical (unpaired) electrons. The summed E-state index contributed by atoms with van der Waals surface area (Å²) in [6.45, 7) is 15.8. The lowest BCUT2D eigenvalue weighted by Crippen LogP contribution is -2.62. The standard InChI is InChI=1S/C35H56O6S2/c1-8-23-27-19-22(36)13-16-35(27,7)26-14-17-34(6)24(9-10-25(34)31(26)32(23)38)21(2)15-18-41-29(37)20-43(39,40)30-12-11-28(42-30)33(3,4)5/h11-12,21-27,31-32,36,38H,8-10,13-20H2,1-7H3/t21-,22-,23-,24-,25+,26+,27+,31+,32-,34-,35-/m1/s1. The highest BCUT2D eigenvalue weighted by Crippen LogP contribution is 2.69. The first-order valence-electron chi connectivity index (χ1n) is 16.9. The van der Waals surface area contributed by atoms with Gasteiger partial charge in [-0.1, -0.05) is 54.9 Å². The lowest BCUT2D eigenvalue weighted by atomic mass is 9.41. The molecule has 0 aliphatic heterocycles. The molecule has 0 bridgehead atoms. The molecule has 1 aromatic heterocycles. The summed E-state index contributed by atoms with van der Waals surface area (Å²) in [6, 6.07) is 3.44. The Balaban J connectivity index is 1.20. The molecule has 4 fully saturated rings. The van der Waals surface area contributed by atoms with Crippen LogP contribution in [-0.2, 0) is 24.8 Å². The number of rotatable bonds is 8. The molecule has 0 unspecified atom stereocenters. The summed E-state index contributed by atoms with van der Waals surface area (Å²) in [6.07, 6.45) is 8.51. The van der Waals surface area contributed by atoms with Gasteiger partial charge < -0.3 is 14.9 Å². The van der Waals surface area contributed by atoms with Crippen LogP contribution in [0.5, 0.6) is 0 Å². The molecule has 244 valence electrons. The minimum Gasteiger partial charge on any atom is -0.465 e. The Morgan fingerprint density at radius 2 is 1.72 bits per heavy atom. The molecule has 0 spiro atoms. The Hall–Kier alpha value is -0.960. The molecule has 2 N–H and O–H groups in total. The van der Waals surface area contributed by atoms with Gasteiger partial charge >= 0.3 is 5.97 Å². The fraction of sp³-hybridized carbons (Fsp3) is 0.857. The van der Waals surface area contributed by atoms with Gasteiger partial charge in [-0.15, -0.1) is 11.3 Å². The van der Waals surface area contributed by atoms with Crippen molar-refractivity contribution < 1.29 is 28.2 Å². The average molecular weight is 637 g/mol. The third-order valence-corrected chi connectivity index (χ3v) is 16.6. The molecular weight excluding hydrogens is 581 g/mol. The van der Waals surface area contributed by atoms with Crippen LogP contribution < -0.4 is 0 Å². The van der Waals surface area contributed by atoms with Gasteiger partial charge in [0.05, 0.1) is 18.8 Å². The molecule has 1 heterocycles. The van der Waals surface area contributed by atoms with E-state index >= 15 is 0 Å². The van der Waals surface area contributed by atoms with Crippen LogP contribution in [0.25, 0.3) is 0 Å². The molecule has 6 nitrogen and oxygen atoms in total. The number of sulfone groups is 1. The lowest BCUT2D eigenvalue weighted by Gasteiger charge is -2.64. The quantitative estimate of drug-likeness (QED) is 0.298. The van der Waals surface area contributed by atoms with Crippen LogP contribution >= 0.6 is 11.3 Å². The van der Waals surface area contributed by atoms with E-state index in [4.69, 9.17) is 4.74 Å². The van der Waals surface area contributed by atoms with Crippen molar-refractivity contribution in [1.29, 1.82) is 0 Å². The summed E-state index contributed by atoms with van der Waals surface area (Å²) in [5.41, 5.74) is 0.201. The molecule has 1 aromatic rings. The first-order chi connectivity index (χ1) is 20.0. The van der Waals surface area contributed by atoms with Gasteiger partial charge in [0.25, 0.3) is 0 Å². The van der Waals surface area contributed by atoms with E-state index in [1.54, 1.807) is 6.07 Å². The zero-order chi connectivity index (χ0) is 31.5. The fourth-order valence-corrected chi connectivity index (χ4v) is 13.2. The monoisotopic (exact) mass is 636 g/mol. The normalized spacial score (nSPS) is 40.3. The molecule has 43 heavy (non-hydrogen) atoms. The number of thiophene rings is 1. The summed E-state index contributed by atoms with van der Waals surface area (Å²) >= 11 is 1.23. The minimum absolute atomic E-state index is 0.142. The SMILES string of the molecule is CC[C@H]1[C@@H](O)[C@@H]2[C@H](CC[C@]3(C)[C@@H]([C@H](C)CCOC(=O)CS(=O)(=O)c4ccc(C(C)(C)C)s4)CC[C@@H]23)[C@@]2(C)CC[C@@H](O)C[C@@H]12. The van der Waals surface area contributed by atoms with Crippen molar-refractivity contribution in [2.24, 2.45) is 52.3 Å². The Morgan fingerprint density at radius 3 is 2.37 bits per heavy atom. The van der Waals surface area contributed by atoms with E-state index in [9.17, 15) is 23.4 Å². The molecule has 4 aliphatic rings. The molecule has 8 heteroatoms. The number of fused-ring (bicyclic) bond motifs is 5. The number of carbonyl (C=O) groups excluding carboxylic acids is 1. The number of hydrogen-bond acceptors (Lipinski definition) is 7. The second-order valence-electron chi connectivity index (χ2n) is 16.2. The molecule has 4 saturated carbocycles. The highest BCUT2D eigenvalue weighted by atomic mass is 32.2. The van der Waals surface area contributed by atoms with Crippen molar-refractivity contribution >= 4 is 27.1 Å². The van der Waals surface area contributed by atoms with Crippen LogP contribution in [0.15, 0.2) is 16.3 Å². The minimum atomic E-state index is -3.72. The topological polar surface area (TPSA) is 101 Å². The first-order valence-corrected chi connectivity index (χ1v) is 19.3. The summed E-state index contributed by atoms with van der Waals surface area (Å²) in [4.78, 5) is 13.6. The molecule has 5 rings (SSSR count). The fourth-order valence-electron chi connectivity index (χ4n) is 10.7. The highest BCUT2D eigenvalue weighted by Gasteiger charge is 2.64. The largest absolute Gasteiger partial charge is 0.465 e. The summed E-state index contributed by atoms with van der Waals surface area (Å²) in [5.74, 6) is 1.52. The molecule has 0 saturated heterocycles. The molecule has 11 atom stereocenters. The predicted octanol–water partition coefficient (Wildman–Crippen LogP) is 7.02. The summed E-state index contributed by atoms with van der Waals surface area (Å²) < 4.78 is 31.5. The smallest absolute Gasteiger partial charge is 0.321 e. The maximum Gasteiger partial charge on any atom is 0.321 e. The van der Waals surface area contributed by atoms with Crippen LogP contribution in [0, 0.1) is 52.3 Å². The van der Waals surface area contributed by atoms with E-state index in [0.29, 0.717) is 35.5 Å². The van der Waals surface area contributed by atoms with Crippen LogP contribution in [0.2, 0.25) is 0 Å². The molecular formula is C35H56O6S2. The van der Waals surface area contributed by atoms with Gasteiger partial charge in [-0.3, -0.25) is 4.79 Å². The van der Waals surface area contributed by atoms with Gasteiger partial charge in [-0.25, -0.2) is 8.42 Å². The van der Waals surface area contributed by atoms with Crippen LogP contribution in [0.4, 0.5) is 0 Å². The number of hydrogen-bond donors (Lipinski definition) is 2. The maximum atomic E-state index is 12.9.